The molecule has 0 aliphatic heterocycles. The van der Waals surface area contributed by atoms with Crippen molar-refractivity contribution in [1.29, 1.82) is 0 Å². The van der Waals surface area contributed by atoms with Crippen LogP contribution in [0.2, 0.25) is 0 Å². The van der Waals surface area contributed by atoms with E-state index in [-0.39, 0.29) is 5.91 Å². The average Bonchev–Trinajstić information content (AvgIpc) is 3.13. The second-order valence-electron chi connectivity index (χ2n) is 5.42. The fraction of sp³-hybridized carbons (Fsp3) is 0.333. The van der Waals surface area contributed by atoms with Gasteiger partial charge in [0.25, 0.3) is 5.91 Å². The average molecular weight is 344 g/mol. The van der Waals surface area contributed by atoms with Crippen LogP contribution in [-0.4, -0.2) is 32.0 Å². The largest absolute Gasteiger partial charge is 0.356 e. The quantitative estimate of drug-likeness (QED) is 0.411. The minimum Gasteiger partial charge on any atom is -0.356 e. The second-order valence-corrected chi connectivity index (χ2v) is 6.37. The van der Waals surface area contributed by atoms with Crippen LogP contribution < -0.4 is 16.0 Å². The predicted molar refractivity (Wildman–Crippen MR) is 101 cm³/mol. The second kappa shape index (κ2) is 9.72. The zero-order valence-electron chi connectivity index (χ0n) is 14.1. The van der Waals surface area contributed by atoms with E-state index in [9.17, 15) is 4.79 Å². The van der Waals surface area contributed by atoms with E-state index in [4.69, 9.17) is 0 Å². The van der Waals surface area contributed by atoms with Gasteiger partial charge in [0.15, 0.2) is 5.96 Å². The highest BCUT2D eigenvalue weighted by atomic mass is 32.1. The first-order valence-corrected chi connectivity index (χ1v) is 8.89. The maximum Gasteiger partial charge on any atom is 0.261 e. The molecule has 0 aliphatic rings. The number of benzene rings is 1. The molecule has 128 valence electrons. The number of nitrogens with one attached hydrogen (secondary N) is 3. The summed E-state index contributed by atoms with van der Waals surface area (Å²) < 4.78 is 0. The van der Waals surface area contributed by atoms with Crippen LogP contribution in [0, 0.1) is 6.92 Å². The predicted octanol–water partition coefficient (Wildman–Crippen LogP) is 2.54. The van der Waals surface area contributed by atoms with Crippen LogP contribution in [0.4, 0.5) is 0 Å². The van der Waals surface area contributed by atoms with Gasteiger partial charge in [-0.1, -0.05) is 35.9 Å². The first-order valence-electron chi connectivity index (χ1n) is 8.01. The Hall–Kier alpha value is -2.34. The van der Waals surface area contributed by atoms with Crippen molar-refractivity contribution in [3.63, 3.8) is 0 Å². The maximum atomic E-state index is 11.8. The van der Waals surface area contributed by atoms with Gasteiger partial charge in [0.1, 0.15) is 0 Å². The van der Waals surface area contributed by atoms with Crippen LogP contribution in [0.3, 0.4) is 0 Å². The number of aliphatic imine (C=N–C) groups is 1. The zero-order chi connectivity index (χ0) is 17.2. The van der Waals surface area contributed by atoms with Crippen molar-refractivity contribution in [3.05, 3.63) is 57.8 Å². The summed E-state index contributed by atoms with van der Waals surface area (Å²) >= 11 is 1.45. The molecule has 3 N–H and O–H groups in total. The number of hydrogen-bond acceptors (Lipinski definition) is 3. The minimum atomic E-state index is -0.00752. The highest BCUT2D eigenvalue weighted by molar-refractivity contribution is 7.12. The highest BCUT2D eigenvalue weighted by Gasteiger charge is 2.04. The molecule has 6 heteroatoms. The van der Waals surface area contributed by atoms with E-state index >= 15 is 0 Å². The van der Waals surface area contributed by atoms with Crippen molar-refractivity contribution >= 4 is 23.2 Å². The van der Waals surface area contributed by atoms with Crippen LogP contribution in [0.5, 0.6) is 0 Å². The van der Waals surface area contributed by atoms with Crippen molar-refractivity contribution < 1.29 is 4.79 Å². The van der Waals surface area contributed by atoms with Crippen molar-refractivity contribution in [1.82, 2.24) is 16.0 Å². The highest BCUT2D eigenvalue weighted by Crippen LogP contribution is 2.07. The normalized spacial score (nSPS) is 11.2. The van der Waals surface area contributed by atoms with E-state index in [2.05, 4.69) is 52.1 Å². The fourth-order valence-electron chi connectivity index (χ4n) is 2.10. The summed E-state index contributed by atoms with van der Waals surface area (Å²) in [4.78, 5) is 16.7. The Morgan fingerprint density at radius 2 is 1.83 bits per heavy atom. The number of amides is 1. The molecule has 2 aromatic rings. The molecule has 5 nitrogen and oxygen atoms in total. The maximum absolute atomic E-state index is 11.8. The summed E-state index contributed by atoms with van der Waals surface area (Å²) in [5.41, 5.74) is 2.47. The Balaban J connectivity index is 1.61. The SMILES string of the molecule is CN=C(NCCCNC(=O)c1cccs1)NCc1ccc(C)cc1. The Morgan fingerprint density at radius 1 is 1.08 bits per heavy atom. The number of carbonyl (C=O) groups excluding carboxylic acids is 1. The van der Waals surface area contributed by atoms with Gasteiger partial charge in [0.05, 0.1) is 4.88 Å². The van der Waals surface area contributed by atoms with E-state index < -0.39 is 0 Å². The van der Waals surface area contributed by atoms with Gasteiger partial charge >= 0.3 is 0 Å². The van der Waals surface area contributed by atoms with E-state index in [0.29, 0.717) is 6.54 Å². The van der Waals surface area contributed by atoms with Crippen LogP contribution >= 0.6 is 11.3 Å². The molecule has 0 unspecified atom stereocenters. The number of carbonyl (C=O) groups is 1. The fourth-order valence-corrected chi connectivity index (χ4v) is 2.74. The summed E-state index contributed by atoms with van der Waals surface area (Å²) in [6.07, 6.45) is 0.836. The zero-order valence-corrected chi connectivity index (χ0v) is 15.0. The van der Waals surface area contributed by atoms with Crippen LogP contribution in [0.25, 0.3) is 0 Å². The molecule has 0 saturated carbocycles. The number of hydrogen-bond donors (Lipinski definition) is 3. The monoisotopic (exact) mass is 344 g/mol. The Kier molecular flexibility index (Phi) is 7.29. The summed E-state index contributed by atoms with van der Waals surface area (Å²) in [6.45, 7) is 4.20. The minimum absolute atomic E-state index is 0.00752. The molecule has 0 radical (unpaired) electrons. The Morgan fingerprint density at radius 3 is 2.50 bits per heavy atom. The first kappa shape index (κ1) is 18.0. The molecule has 24 heavy (non-hydrogen) atoms. The lowest BCUT2D eigenvalue weighted by Crippen LogP contribution is -2.38. The van der Waals surface area contributed by atoms with Gasteiger partial charge in [0.2, 0.25) is 0 Å². The summed E-state index contributed by atoms with van der Waals surface area (Å²) in [6, 6.07) is 12.1. The molecule has 1 aromatic heterocycles. The number of aryl methyl sites for hydroxylation is 1. The molecule has 1 aromatic carbocycles. The van der Waals surface area contributed by atoms with E-state index in [1.165, 1.54) is 22.5 Å². The van der Waals surface area contributed by atoms with Crippen molar-refractivity contribution in [2.24, 2.45) is 4.99 Å². The third-order valence-electron chi connectivity index (χ3n) is 3.48. The molecule has 1 heterocycles. The number of nitrogens with zero attached hydrogens (tertiary/aromatic N) is 1. The van der Waals surface area contributed by atoms with Gasteiger partial charge in [-0.05, 0) is 30.4 Å². The molecule has 0 fully saturated rings. The van der Waals surface area contributed by atoms with Crippen molar-refractivity contribution in [3.8, 4) is 0 Å². The lowest BCUT2D eigenvalue weighted by atomic mass is 10.1. The third kappa shape index (κ3) is 6.04. The number of thiophene rings is 1. The molecular weight excluding hydrogens is 320 g/mol. The van der Waals surface area contributed by atoms with Crippen LogP contribution in [-0.2, 0) is 6.54 Å². The molecule has 2 rings (SSSR count). The van der Waals surface area contributed by atoms with Gasteiger partial charge in [-0.15, -0.1) is 11.3 Å². The molecule has 0 aliphatic carbocycles. The smallest absolute Gasteiger partial charge is 0.261 e. The molecule has 0 atom stereocenters. The molecule has 0 spiro atoms. The van der Waals surface area contributed by atoms with Crippen LogP contribution in [0.1, 0.15) is 27.2 Å². The van der Waals surface area contributed by atoms with Gasteiger partial charge in [0, 0.05) is 26.7 Å². The van der Waals surface area contributed by atoms with Crippen molar-refractivity contribution in [2.45, 2.75) is 19.9 Å². The lowest BCUT2D eigenvalue weighted by molar-refractivity contribution is 0.0957. The Bertz CT molecular complexity index is 650. The summed E-state index contributed by atoms with van der Waals surface area (Å²) in [5, 5.41) is 11.3. The summed E-state index contributed by atoms with van der Waals surface area (Å²) in [7, 11) is 1.75. The standard InChI is InChI=1S/C18H24N4OS/c1-14-6-8-15(9-7-14)13-22-18(19-2)21-11-4-10-20-17(23)16-5-3-12-24-16/h3,5-9,12H,4,10-11,13H2,1-2H3,(H,20,23)(H2,19,21,22). The van der Waals surface area contributed by atoms with E-state index in [1.807, 2.05) is 17.5 Å². The Labute approximate surface area is 147 Å². The molecule has 0 bridgehead atoms. The topological polar surface area (TPSA) is 65.5 Å². The van der Waals surface area contributed by atoms with Gasteiger partial charge in [-0.2, -0.15) is 0 Å². The van der Waals surface area contributed by atoms with Gasteiger partial charge in [-0.3, -0.25) is 9.79 Å². The van der Waals surface area contributed by atoms with Crippen molar-refractivity contribution in [2.75, 3.05) is 20.1 Å². The lowest BCUT2D eigenvalue weighted by Gasteiger charge is -2.12. The summed E-state index contributed by atoms with van der Waals surface area (Å²) in [5.74, 6) is 0.757. The first-order chi connectivity index (χ1) is 11.7. The number of guanidine groups is 1. The van der Waals surface area contributed by atoms with Gasteiger partial charge in [-0.25, -0.2) is 0 Å². The van der Waals surface area contributed by atoms with E-state index in [1.54, 1.807) is 7.05 Å². The molecule has 1 amide bonds. The third-order valence-corrected chi connectivity index (χ3v) is 4.35. The van der Waals surface area contributed by atoms with E-state index in [0.717, 1.165) is 30.3 Å². The molecule has 0 saturated heterocycles. The van der Waals surface area contributed by atoms with Crippen LogP contribution in [0.15, 0.2) is 46.8 Å². The molecular formula is C18H24N4OS. The number of rotatable bonds is 7. The van der Waals surface area contributed by atoms with Gasteiger partial charge < -0.3 is 16.0 Å².